The van der Waals surface area contributed by atoms with Crippen molar-refractivity contribution in [3.63, 3.8) is 0 Å². The molecule has 0 fully saturated rings. The molecule has 0 N–H and O–H groups in total. The van der Waals surface area contributed by atoms with E-state index in [9.17, 15) is 13.3 Å². The fraction of sp³-hybridized carbons (Fsp3) is 0.800. The molecule has 96 valence electrons. The summed E-state index contributed by atoms with van der Waals surface area (Å²) in [5, 5.41) is 0. The zero-order chi connectivity index (χ0) is 13.0. The van der Waals surface area contributed by atoms with E-state index in [1.807, 2.05) is 0 Å². The largest absolute Gasteiger partial charge is 0.404 e. The van der Waals surface area contributed by atoms with Crippen molar-refractivity contribution in [2.24, 2.45) is 5.92 Å². The van der Waals surface area contributed by atoms with Crippen molar-refractivity contribution in [2.75, 3.05) is 13.2 Å². The minimum absolute atomic E-state index is 0.0990. The first-order valence-corrected chi connectivity index (χ1v) is 6.73. The molecule has 6 heteroatoms. The molecule has 0 rings (SSSR count). The minimum atomic E-state index is -4.47. The average Bonchev–Trinajstić information content (AvgIpc) is 2.16. The first-order valence-electron chi connectivity index (χ1n) is 5.19. The van der Waals surface area contributed by atoms with Crippen LogP contribution in [0.5, 0.6) is 0 Å². The number of alkyl halides is 2. The summed E-state index contributed by atoms with van der Waals surface area (Å²) in [5.74, 6) is -0.496. The lowest BCUT2D eigenvalue weighted by Crippen LogP contribution is -2.25. The highest BCUT2D eigenvalue weighted by Crippen LogP contribution is 2.65. The van der Waals surface area contributed by atoms with Crippen LogP contribution in [0.1, 0.15) is 27.7 Å². The Morgan fingerprint density at radius 3 is 1.94 bits per heavy atom. The van der Waals surface area contributed by atoms with Gasteiger partial charge in [0.25, 0.3) is 0 Å². The van der Waals surface area contributed by atoms with Crippen molar-refractivity contribution in [1.29, 1.82) is 0 Å². The Morgan fingerprint density at radius 2 is 1.69 bits per heavy atom. The highest BCUT2D eigenvalue weighted by atomic mass is 31.2. The van der Waals surface area contributed by atoms with Crippen LogP contribution in [0, 0.1) is 5.92 Å². The third kappa shape index (κ3) is 3.12. The molecular weight excluding hydrogens is 237 g/mol. The van der Waals surface area contributed by atoms with E-state index in [4.69, 9.17) is 0 Å². The molecule has 3 nitrogen and oxygen atoms in total. The predicted molar refractivity (Wildman–Crippen MR) is 59.8 cm³/mol. The summed E-state index contributed by atoms with van der Waals surface area (Å²) < 4.78 is 48.9. The van der Waals surface area contributed by atoms with Gasteiger partial charge in [0.05, 0.1) is 13.2 Å². The number of halogens is 2. The van der Waals surface area contributed by atoms with Crippen molar-refractivity contribution in [1.82, 2.24) is 0 Å². The van der Waals surface area contributed by atoms with E-state index in [1.54, 1.807) is 13.8 Å². The summed E-state index contributed by atoms with van der Waals surface area (Å²) in [4.78, 5) is 0. The lowest BCUT2D eigenvalue weighted by molar-refractivity contribution is 0.0632. The fourth-order valence-electron chi connectivity index (χ4n) is 1.06. The monoisotopic (exact) mass is 256 g/mol. The first kappa shape index (κ1) is 15.8. The molecule has 0 saturated carbocycles. The van der Waals surface area contributed by atoms with Crippen LogP contribution in [0.3, 0.4) is 0 Å². The molecule has 0 saturated heterocycles. The summed E-state index contributed by atoms with van der Waals surface area (Å²) in [6.07, 6.45) is 0. The highest BCUT2D eigenvalue weighted by molar-refractivity contribution is 7.55. The summed E-state index contributed by atoms with van der Waals surface area (Å²) in [6.45, 7) is 9.16. The second-order valence-electron chi connectivity index (χ2n) is 3.55. The molecule has 0 radical (unpaired) electrons. The number of rotatable bonds is 7. The summed E-state index contributed by atoms with van der Waals surface area (Å²) in [5.41, 5.74) is -4.08. The second-order valence-corrected chi connectivity index (χ2v) is 5.63. The van der Waals surface area contributed by atoms with Crippen LogP contribution in [0.25, 0.3) is 0 Å². The lowest BCUT2D eigenvalue weighted by Gasteiger charge is -2.28. The Bertz CT molecular complexity index is 280. The molecule has 0 aliphatic carbocycles. The van der Waals surface area contributed by atoms with Crippen LogP contribution < -0.4 is 0 Å². The van der Waals surface area contributed by atoms with Crippen LogP contribution in [0.4, 0.5) is 8.78 Å². The topological polar surface area (TPSA) is 35.5 Å². The lowest BCUT2D eigenvalue weighted by atomic mass is 10.1. The molecule has 0 aromatic rings. The van der Waals surface area contributed by atoms with Gasteiger partial charge < -0.3 is 9.05 Å². The second kappa shape index (κ2) is 5.89. The third-order valence-corrected chi connectivity index (χ3v) is 4.20. The van der Waals surface area contributed by atoms with Crippen molar-refractivity contribution < 1.29 is 22.4 Å². The van der Waals surface area contributed by atoms with Gasteiger partial charge in [-0.25, -0.2) is 0 Å². The molecule has 0 atom stereocenters. The Balaban J connectivity index is 5.18. The third-order valence-electron chi connectivity index (χ3n) is 2.03. The Morgan fingerprint density at radius 1 is 1.31 bits per heavy atom. The zero-order valence-corrected chi connectivity index (χ0v) is 11.0. The molecule has 0 aromatic heterocycles. The van der Waals surface area contributed by atoms with Gasteiger partial charge >= 0.3 is 13.3 Å². The Kier molecular flexibility index (Phi) is 5.80. The number of hydrogen-bond donors (Lipinski definition) is 0. The van der Waals surface area contributed by atoms with Crippen molar-refractivity contribution in [3.05, 3.63) is 12.2 Å². The maximum absolute atomic E-state index is 13.9. The van der Waals surface area contributed by atoms with Crippen LogP contribution in [-0.2, 0) is 13.6 Å². The SMILES string of the molecule is C=C(C(C)C)C(F)(F)P(=O)(OCC)OCC. The van der Waals surface area contributed by atoms with Crippen molar-refractivity contribution in [3.8, 4) is 0 Å². The van der Waals surface area contributed by atoms with Gasteiger partial charge in [-0.05, 0) is 19.8 Å². The molecule has 0 heterocycles. The Labute approximate surface area is 95.4 Å². The smallest absolute Gasteiger partial charge is 0.304 e. The van der Waals surface area contributed by atoms with Crippen LogP contribution in [0.15, 0.2) is 12.2 Å². The molecule has 16 heavy (non-hydrogen) atoms. The first-order chi connectivity index (χ1) is 7.23. The van der Waals surface area contributed by atoms with Gasteiger partial charge in [-0.15, -0.1) is 0 Å². The molecule has 0 spiro atoms. The molecular formula is C10H19F2O3P. The summed E-state index contributed by atoms with van der Waals surface area (Å²) in [7, 11) is -4.47. The van der Waals surface area contributed by atoms with Crippen LogP contribution in [-0.4, -0.2) is 18.9 Å². The van der Waals surface area contributed by atoms with E-state index in [0.29, 0.717) is 0 Å². The van der Waals surface area contributed by atoms with Gasteiger partial charge in [0, 0.05) is 5.57 Å². The van der Waals surface area contributed by atoms with Gasteiger partial charge in [0.15, 0.2) is 0 Å². The quantitative estimate of drug-likeness (QED) is 0.509. The predicted octanol–water partition coefficient (Wildman–Crippen LogP) is 4.06. The number of hydrogen-bond acceptors (Lipinski definition) is 3. The zero-order valence-electron chi connectivity index (χ0n) is 10.1. The Hall–Kier alpha value is -0.250. The van der Waals surface area contributed by atoms with Crippen molar-refractivity contribution >= 4 is 7.60 Å². The van der Waals surface area contributed by atoms with Gasteiger partial charge in [-0.2, -0.15) is 8.78 Å². The van der Waals surface area contributed by atoms with E-state index in [1.165, 1.54) is 13.8 Å². The normalized spacial score (nSPS) is 13.2. The molecule has 0 aliphatic heterocycles. The van der Waals surface area contributed by atoms with Gasteiger partial charge in [0.2, 0.25) is 0 Å². The van der Waals surface area contributed by atoms with Gasteiger partial charge in [-0.3, -0.25) is 4.57 Å². The summed E-state index contributed by atoms with van der Waals surface area (Å²) in [6, 6.07) is 0. The molecule has 0 aliphatic rings. The number of allylic oxidation sites excluding steroid dienone is 1. The van der Waals surface area contributed by atoms with Gasteiger partial charge in [0.1, 0.15) is 0 Å². The molecule has 0 bridgehead atoms. The maximum Gasteiger partial charge on any atom is 0.404 e. The highest BCUT2D eigenvalue weighted by Gasteiger charge is 2.55. The van der Waals surface area contributed by atoms with E-state index < -0.39 is 24.8 Å². The van der Waals surface area contributed by atoms with Crippen LogP contribution >= 0.6 is 7.60 Å². The maximum atomic E-state index is 13.9. The van der Waals surface area contributed by atoms with E-state index >= 15 is 0 Å². The fourth-order valence-corrected chi connectivity index (χ4v) is 2.75. The van der Waals surface area contributed by atoms with Crippen LogP contribution in [0.2, 0.25) is 0 Å². The van der Waals surface area contributed by atoms with E-state index in [0.717, 1.165) is 0 Å². The van der Waals surface area contributed by atoms with Crippen molar-refractivity contribution in [2.45, 2.75) is 33.4 Å². The van der Waals surface area contributed by atoms with E-state index in [2.05, 4.69) is 15.6 Å². The molecule has 0 unspecified atom stereocenters. The summed E-state index contributed by atoms with van der Waals surface area (Å²) >= 11 is 0. The average molecular weight is 256 g/mol. The van der Waals surface area contributed by atoms with Gasteiger partial charge in [-0.1, -0.05) is 20.4 Å². The molecule has 0 amide bonds. The molecule has 0 aromatic carbocycles. The van der Waals surface area contributed by atoms with E-state index in [-0.39, 0.29) is 13.2 Å². The minimum Gasteiger partial charge on any atom is -0.304 e. The standard InChI is InChI=1S/C10H19F2O3P/c1-6-14-16(13,15-7-2)10(11,12)9(5)8(3)4/h8H,5-7H2,1-4H3.